The number of aliphatic hydroxyl groups is 1. The van der Waals surface area contributed by atoms with Crippen LogP contribution in [0.1, 0.15) is 5.56 Å². The van der Waals surface area contributed by atoms with Crippen LogP contribution in [-0.4, -0.2) is 5.11 Å². The zero-order chi connectivity index (χ0) is 11.4. The van der Waals surface area contributed by atoms with Crippen molar-refractivity contribution in [2.45, 2.75) is 0 Å². The second-order valence-corrected chi connectivity index (χ2v) is 4.36. The molecule has 2 rings (SSSR count). The number of benzene rings is 1. The maximum Gasteiger partial charge on any atom is 0.122 e. The molecular formula is C14H11BrO. The Labute approximate surface area is 103 Å². The molecule has 16 heavy (non-hydrogen) atoms. The van der Waals surface area contributed by atoms with Gasteiger partial charge in [-0.15, -0.1) is 0 Å². The largest absolute Gasteiger partial charge is 0.507 e. The van der Waals surface area contributed by atoms with E-state index < -0.39 is 0 Å². The van der Waals surface area contributed by atoms with Gasteiger partial charge in [-0.25, -0.2) is 0 Å². The standard InChI is InChI=1S/C14H11BrO/c15-13-8-6-12(7-9-13)14(16)10-5-11-3-1-2-4-11/h1-10,16H/b14-10-. The highest BCUT2D eigenvalue weighted by molar-refractivity contribution is 9.10. The van der Waals surface area contributed by atoms with E-state index in [0.717, 1.165) is 15.6 Å². The van der Waals surface area contributed by atoms with E-state index in [1.54, 1.807) is 6.08 Å². The van der Waals surface area contributed by atoms with Crippen LogP contribution in [0.15, 0.2) is 70.8 Å². The molecule has 0 atom stereocenters. The van der Waals surface area contributed by atoms with Crippen LogP contribution in [0.25, 0.3) is 5.76 Å². The smallest absolute Gasteiger partial charge is 0.122 e. The summed E-state index contributed by atoms with van der Waals surface area (Å²) < 4.78 is 1.00. The predicted octanol–water partition coefficient (Wildman–Crippen LogP) is 4.40. The SMILES string of the molecule is O/C(=C\C=C1C=CC=C1)c1ccc(Br)cc1. The molecule has 1 N–H and O–H groups in total. The first-order chi connectivity index (χ1) is 7.75. The maximum atomic E-state index is 9.82. The van der Waals surface area contributed by atoms with Crippen LogP contribution in [0.2, 0.25) is 0 Å². The van der Waals surface area contributed by atoms with Crippen LogP contribution in [0, 0.1) is 0 Å². The van der Waals surface area contributed by atoms with Gasteiger partial charge in [0.05, 0.1) is 0 Å². The van der Waals surface area contributed by atoms with Gasteiger partial charge in [0.1, 0.15) is 5.76 Å². The van der Waals surface area contributed by atoms with Crippen molar-refractivity contribution in [1.29, 1.82) is 0 Å². The van der Waals surface area contributed by atoms with Crippen molar-refractivity contribution in [2.24, 2.45) is 0 Å². The van der Waals surface area contributed by atoms with Crippen LogP contribution in [0.3, 0.4) is 0 Å². The molecule has 0 aromatic heterocycles. The van der Waals surface area contributed by atoms with E-state index in [1.807, 2.05) is 54.6 Å². The molecule has 1 aromatic carbocycles. The summed E-state index contributed by atoms with van der Waals surface area (Å²) in [4.78, 5) is 0. The Morgan fingerprint density at radius 2 is 1.69 bits per heavy atom. The number of hydrogen-bond donors (Lipinski definition) is 1. The third kappa shape index (κ3) is 2.74. The average Bonchev–Trinajstić information content (AvgIpc) is 2.80. The van der Waals surface area contributed by atoms with Gasteiger partial charge in [-0.1, -0.05) is 58.4 Å². The van der Waals surface area contributed by atoms with Crippen molar-refractivity contribution in [3.8, 4) is 0 Å². The third-order valence-corrected chi connectivity index (χ3v) is 2.79. The number of hydrogen-bond acceptors (Lipinski definition) is 1. The van der Waals surface area contributed by atoms with Crippen molar-refractivity contribution in [2.75, 3.05) is 0 Å². The third-order valence-electron chi connectivity index (χ3n) is 2.26. The molecule has 0 radical (unpaired) electrons. The molecule has 1 nitrogen and oxygen atoms in total. The lowest BCUT2D eigenvalue weighted by atomic mass is 10.1. The molecular weight excluding hydrogens is 264 g/mol. The van der Waals surface area contributed by atoms with Crippen molar-refractivity contribution in [3.63, 3.8) is 0 Å². The van der Waals surface area contributed by atoms with E-state index in [2.05, 4.69) is 15.9 Å². The maximum absolute atomic E-state index is 9.82. The lowest BCUT2D eigenvalue weighted by molar-refractivity contribution is 0.512. The summed E-state index contributed by atoms with van der Waals surface area (Å²) in [6.45, 7) is 0. The second-order valence-electron chi connectivity index (χ2n) is 3.44. The van der Waals surface area contributed by atoms with Crippen LogP contribution in [-0.2, 0) is 0 Å². The van der Waals surface area contributed by atoms with Crippen molar-refractivity contribution >= 4 is 21.7 Å². The van der Waals surface area contributed by atoms with Gasteiger partial charge in [0, 0.05) is 10.0 Å². The molecule has 0 spiro atoms. The van der Waals surface area contributed by atoms with Gasteiger partial charge in [-0.2, -0.15) is 0 Å². The molecule has 0 amide bonds. The zero-order valence-electron chi connectivity index (χ0n) is 8.60. The zero-order valence-corrected chi connectivity index (χ0v) is 10.2. The minimum atomic E-state index is 0.272. The fourth-order valence-electron chi connectivity index (χ4n) is 1.39. The summed E-state index contributed by atoms with van der Waals surface area (Å²) in [5.74, 6) is 0.272. The van der Waals surface area contributed by atoms with Gasteiger partial charge < -0.3 is 5.11 Å². The van der Waals surface area contributed by atoms with E-state index in [4.69, 9.17) is 0 Å². The molecule has 0 heterocycles. The van der Waals surface area contributed by atoms with Crippen LogP contribution in [0.5, 0.6) is 0 Å². The highest BCUT2D eigenvalue weighted by Crippen LogP contribution is 2.16. The van der Waals surface area contributed by atoms with E-state index in [1.165, 1.54) is 0 Å². The van der Waals surface area contributed by atoms with Crippen molar-refractivity contribution < 1.29 is 5.11 Å². The summed E-state index contributed by atoms with van der Waals surface area (Å²) in [5.41, 5.74) is 1.90. The lowest BCUT2D eigenvalue weighted by Gasteiger charge is -1.99. The van der Waals surface area contributed by atoms with E-state index in [9.17, 15) is 5.11 Å². The van der Waals surface area contributed by atoms with Crippen molar-refractivity contribution in [1.82, 2.24) is 0 Å². The fourth-order valence-corrected chi connectivity index (χ4v) is 1.66. The lowest BCUT2D eigenvalue weighted by Crippen LogP contribution is -1.81. The molecule has 1 aromatic rings. The molecule has 0 fully saturated rings. The van der Waals surface area contributed by atoms with Gasteiger partial charge >= 0.3 is 0 Å². The molecule has 2 heteroatoms. The highest BCUT2D eigenvalue weighted by Gasteiger charge is 1.97. The monoisotopic (exact) mass is 274 g/mol. The Hall–Kier alpha value is -1.54. The summed E-state index contributed by atoms with van der Waals surface area (Å²) in [6.07, 6.45) is 11.5. The Morgan fingerprint density at radius 3 is 2.31 bits per heavy atom. The van der Waals surface area contributed by atoms with Gasteiger partial charge in [0.15, 0.2) is 0 Å². The predicted molar refractivity (Wildman–Crippen MR) is 71.1 cm³/mol. The second kappa shape index (κ2) is 4.99. The number of rotatable bonds is 2. The van der Waals surface area contributed by atoms with Crippen LogP contribution in [0.4, 0.5) is 0 Å². The summed E-state index contributed by atoms with van der Waals surface area (Å²) in [6, 6.07) is 7.55. The molecule has 0 saturated carbocycles. The fraction of sp³-hybridized carbons (Fsp3) is 0. The van der Waals surface area contributed by atoms with Gasteiger partial charge in [0.25, 0.3) is 0 Å². The minimum Gasteiger partial charge on any atom is -0.507 e. The van der Waals surface area contributed by atoms with E-state index >= 15 is 0 Å². The van der Waals surface area contributed by atoms with Gasteiger partial charge in [0.2, 0.25) is 0 Å². The summed E-state index contributed by atoms with van der Waals surface area (Å²) in [5, 5.41) is 9.82. The Balaban J connectivity index is 2.18. The quantitative estimate of drug-likeness (QED) is 0.793. The van der Waals surface area contributed by atoms with E-state index in [0.29, 0.717) is 0 Å². The first kappa shape index (κ1) is 11.0. The summed E-state index contributed by atoms with van der Waals surface area (Å²) >= 11 is 3.36. The molecule has 1 aliphatic carbocycles. The molecule has 0 aliphatic heterocycles. The Kier molecular flexibility index (Phi) is 3.42. The average molecular weight is 275 g/mol. The molecule has 0 bridgehead atoms. The first-order valence-corrected chi connectivity index (χ1v) is 5.76. The molecule has 80 valence electrons. The minimum absolute atomic E-state index is 0.272. The first-order valence-electron chi connectivity index (χ1n) is 4.97. The molecule has 1 aliphatic rings. The van der Waals surface area contributed by atoms with Gasteiger partial charge in [-0.05, 0) is 23.8 Å². The molecule has 0 saturated heterocycles. The number of halogens is 1. The number of aliphatic hydroxyl groups excluding tert-OH is 1. The molecule has 0 unspecified atom stereocenters. The van der Waals surface area contributed by atoms with Crippen LogP contribution >= 0.6 is 15.9 Å². The van der Waals surface area contributed by atoms with Crippen molar-refractivity contribution in [3.05, 3.63) is 76.3 Å². The Morgan fingerprint density at radius 1 is 1.06 bits per heavy atom. The topological polar surface area (TPSA) is 20.2 Å². The highest BCUT2D eigenvalue weighted by atomic mass is 79.9. The van der Waals surface area contributed by atoms with Crippen LogP contribution < -0.4 is 0 Å². The number of allylic oxidation sites excluding steroid dienone is 7. The normalized spacial score (nSPS) is 14.6. The summed E-state index contributed by atoms with van der Waals surface area (Å²) in [7, 11) is 0. The Bertz CT molecular complexity index is 476. The van der Waals surface area contributed by atoms with E-state index in [-0.39, 0.29) is 5.76 Å². The van der Waals surface area contributed by atoms with Gasteiger partial charge in [-0.3, -0.25) is 0 Å².